The van der Waals surface area contributed by atoms with Gasteiger partial charge in [-0.25, -0.2) is 4.79 Å². The molecule has 0 N–H and O–H groups in total. The van der Waals surface area contributed by atoms with E-state index in [-0.39, 0.29) is 12.1 Å². The van der Waals surface area contributed by atoms with Gasteiger partial charge in [0.05, 0.1) is 5.41 Å². The van der Waals surface area contributed by atoms with Crippen molar-refractivity contribution in [3.05, 3.63) is 0 Å². The third-order valence-electron chi connectivity index (χ3n) is 4.02. The first-order valence-electron chi connectivity index (χ1n) is 8.52. The second-order valence-electron chi connectivity index (χ2n) is 8.64. The lowest BCUT2D eigenvalue weighted by Crippen LogP contribution is -2.40. The Bertz CT molecular complexity index is 425. The molecule has 0 atom stereocenters. The van der Waals surface area contributed by atoms with Crippen molar-refractivity contribution in [3.63, 3.8) is 0 Å². The van der Waals surface area contributed by atoms with Gasteiger partial charge in [0, 0.05) is 13.6 Å². The highest BCUT2D eigenvalue weighted by molar-refractivity contribution is 5.77. The number of esters is 1. The lowest BCUT2D eigenvalue weighted by Gasteiger charge is -2.32. The summed E-state index contributed by atoms with van der Waals surface area (Å²) in [5, 5.41) is 0. The number of carbonyl (C=O) groups is 2. The molecule has 134 valence electrons. The molecule has 0 heterocycles. The molecule has 1 fully saturated rings. The highest BCUT2D eigenvalue weighted by Gasteiger charge is 2.44. The van der Waals surface area contributed by atoms with Crippen LogP contribution in [0.5, 0.6) is 0 Å². The summed E-state index contributed by atoms with van der Waals surface area (Å²) in [6.07, 6.45) is 4.02. The summed E-state index contributed by atoms with van der Waals surface area (Å²) in [6.45, 7) is 11.7. The second-order valence-corrected chi connectivity index (χ2v) is 8.64. The molecule has 5 nitrogen and oxygen atoms in total. The molecule has 5 heteroatoms. The van der Waals surface area contributed by atoms with Gasteiger partial charge in [0.1, 0.15) is 11.2 Å². The number of ether oxygens (including phenoxy) is 2. The molecule has 1 saturated carbocycles. The molecule has 1 aliphatic rings. The zero-order valence-electron chi connectivity index (χ0n) is 15.8. The Morgan fingerprint density at radius 1 is 0.957 bits per heavy atom. The van der Waals surface area contributed by atoms with Crippen molar-refractivity contribution in [2.24, 2.45) is 5.41 Å². The van der Waals surface area contributed by atoms with Crippen LogP contribution in [0.2, 0.25) is 0 Å². The first-order chi connectivity index (χ1) is 10.3. The maximum Gasteiger partial charge on any atom is 0.410 e. The van der Waals surface area contributed by atoms with Crippen LogP contribution in [0.1, 0.15) is 73.6 Å². The van der Waals surface area contributed by atoms with Crippen LogP contribution < -0.4 is 0 Å². The summed E-state index contributed by atoms with van der Waals surface area (Å²) in [7, 11) is 1.71. The molecule has 23 heavy (non-hydrogen) atoms. The molecule has 0 aromatic heterocycles. The smallest absolute Gasteiger partial charge is 0.410 e. The van der Waals surface area contributed by atoms with Crippen LogP contribution in [-0.4, -0.2) is 41.8 Å². The van der Waals surface area contributed by atoms with Gasteiger partial charge in [0.25, 0.3) is 0 Å². The third kappa shape index (κ3) is 6.40. The Labute approximate surface area is 140 Å². The molecule has 0 aromatic carbocycles. The maximum atomic E-state index is 12.6. The van der Waals surface area contributed by atoms with Gasteiger partial charge in [-0.3, -0.25) is 4.79 Å². The summed E-state index contributed by atoms with van der Waals surface area (Å²) in [5.74, 6) is -0.125. The lowest BCUT2D eigenvalue weighted by atomic mass is 9.82. The first kappa shape index (κ1) is 19.8. The van der Waals surface area contributed by atoms with E-state index in [1.54, 1.807) is 11.9 Å². The van der Waals surface area contributed by atoms with Gasteiger partial charge in [-0.05, 0) is 60.8 Å². The van der Waals surface area contributed by atoms with Crippen molar-refractivity contribution in [2.45, 2.75) is 84.8 Å². The molecular weight excluding hydrogens is 294 g/mol. The third-order valence-corrected chi connectivity index (χ3v) is 4.02. The predicted octanol–water partition coefficient (Wildman–Crippen LogP) is 4.15. The number of amides is 1. The molecular formula is C18H33NO4. The first-order valence-corrected chi connectivity index (χ1v) is 8.52. The number of rotatable bonds is 4. The molecule has 0 bridgehead atoms. The van der Waals surface area contributed by atoms with Crippen LogP contribution in [-0.2, 0) is 14.3 Å². The lowest BCUT2D eigenvalue weighted by molar-refractivity contribution is -0.168. The van der Waals surface area contributed by atoms with Crippen molar-refractivity contribution in [1.82, 2.24) is 4.90 Å². The fourth-order valence-corrected chi connectivity index (χ4v) is 2.81. The summed E-state index contributed by atoms with van der Waals surface area (Å²) >= 11 is 0. The van der Waals surface area contributed by atoms with Gasteiger partial charge in [-0.2, -0.15) is 0 Å². The molecule has 1 aliphatic carbocycles. The van der Waals surface area contributed by atoms with Crippen LogP contribution in [0, 0.1) is 5.41 Å². The molecule has 0 radical (unpaired) electrons. The van der Waals surface area contributed by atoms with E-state index in [4.69, 9.17) is 9.47 Å². The van der Waals surface area contributed by atoms with Gasteiger partial charge >= 0.3 is 12.1 Å². The van der Waals surface area contributed by atoms with Gasteiger partial charge < -0.3 is 14.4 Å². The van der Waals surface area contributed by atoms with Gasteiger partial charge in [-0.15, -0.1) is 0 Å². The maximum absolute atomic E-state index is 12.6. The monoisotopic (exact) mass is 327 g/mol. The molecule has 1 amide bonds. The molecule has 0 saturated heterocycles. The van der Waals surface area contributed by atoms with Crippen molar-refractivity contribution in [1.29, 1.82) is 0 Å². The SMILES string of the molecule is CN(CCC1(C(=O)OC(C)(C)C)CCCC1)C(=O)OC(C)(C)C. The Morgan fingerprint density at radius 3 is 1.87 bits per heavy atom. The minimum atomic E-state index is -0.512. The van der Waals surface area contributed by atoms with Crippen LogP contribution in [0.25, 0.3) is 0 Å². The van der Waals surface area contributed by atoms with E-state index in [1.807, 2.05) is 41.5 Å². The fraction of sp³-hybridized carbons (Fsp3) is 0.889. The average Bonchev–Trinajstić information content (AvgIpc) is 2.81. The van der Waals surface area contributed by atoms with E-state index >= 15 is 0 Å². The molecule has 0 spiro atoms. The van der Waals surface area contributed by atoms with E-state index in [0.29, 0.717) is 13.0 Å². The van der Waals surface area contributed by atoms with Crippen molar-refractivity contribution in [2.75, 3.05) is 13.6 Å². The molecule has 1 rings (SSSR count). The Kier molecular flexibility index (Phi) is 6.11. The highest BCUT2D eigenvalue weighted by Crippen LogP contribution is 2.43. The quantitative estimate of drug-likeness (QED) is 0.728. The van der Waals surface area contributed by atoms with Crippen LogP contribution in [0.15, 0.2) is 0 Å². The zero-order valence-corrected chi connectivity index (χ0v) is 15.8. The summed E-state index contributed by atoms with van der Waals surface area (Å²) < 4.78 is 11.0. The Balaban J connectivity index is 2.66. The van der Waals surface area contributed by atoms with Crippen molar-refractivity contribution < 1.29 is 19.1 Å². The van der Waals surface area contributed by atoms with E-state index < -0.39 is 16.6 Å². The van der Waals surface area contributed by atoms with Crippen molar-refractivity contribution in [3.8, 4) is 0 Å². The van der Waals surface area contributed by atoms with Gasteiger partial charge in [0.2, 0.25) is 0 Å². The predicted molar refractivity (Wildman–Crippen MR) is 90.2 cm³/mol. The Morgan fingerprint density at radius 2 is 1.43 bits per heavy atom. The molecule has 0 aliphatic heterocycles. The topological polar surface area (TPSA) is 55.8 Å². The zero-order chi connectivity index (χ0) is 17.9. The number of hydrogen-bond acceptors (Lipinski definition) is 4. The van der Waals surface area contributed by atoms with E-state index in [9.17, 15) is 9.59 Å². The van der Waals surface area contributed by atoms with E-state index in [1.165, 1.54) is 0 Å². The van der Waals surface area contributed by atoms with Crippen LogP contribution >= 0.6 is 0 Å². The van der Waals surface area contributed by atoms with Crippen LogP contribution in [0.3, 0.4) is 0 Å². The number of nitrogens with zero attached hydrogens (tertiary/aromatic N) is 1. The highest BCUT2D eigenvalue weighted by atomic mass is 16.6. The average molecular weight is 327 g/mol. The molecule has 0 unspecified atom stereocenters. The minimum Gasteiger partial charge on any atom is -0.460 e. The van der Waals surface area contributed by atoms with Crippen molar-refractivity contribution >= 4 is 12.1 Å². The second kappa shape index (κ2) is 7.10. The van der Waals surface area contributed by atoms with Crippen LogP contribution in [0.4, 0.5) is 4.79 Å². The Hall–Kier alpha value is -1.26. The van der Waals surface area contributed by atoms with E-state index in [0.717, 1.165) is 25.7 Å². The summed E-state index contributed by atoms with van der Waals surface area (Å²) in [4.78, 5) is 26.2. The summed E-state index contributed by atoms with van der Waals surface area (Å²) in [5.41, 5.74) is -1.45. The number of hydrogen-bond donors (Lipinski definition) is 0. The number of carbonyl (C=O) groups excluding carboxylic acids is 2. The normalized spacial score (nSPS) is 17.7. The fourth-order valence-electron chi connectivity index (χ4n) is 2.81. The van der Waals surface area contributed by atoms with E-state index in [2.05, 4.69) is 0 Å². The summed E-state index contributed by atoms with van der Waals surface area (Å²) in [6, 6.07) is 0. The standard InChI is InChI=1S/C18H33NO4/c1-16(2,3)22-14(20)18(10-8-9-11-18)12-13-19(7)15(21)23-17(4,5)6/h8-13H2,1-7H3. The van der Waals surface area contributed by atoms with Gasteiger partial charge in [-0.1, -0.05) is 12.8 Å². The largest absolute Gasteiger partial charge is 0.460 e. The minimum absolute atomic E-state index is 0.125. The van der Waals surface area contributed by atoms with Gasteiger partial charge in [0.15, 0.2) is 0 Å². The molecule has 0 aromatic rings.